The van der Waals surface area contributed by atoms with Crippen LogP contribution >= 0.6 is 23.1 Å². The van der Waals surface area contributed by atoms with E-state index in [1.165, 1.54) is 16.7 Å². The predicted octanol–water partition coefficient (Wildman–Crippen LogP) is 1.60. The van der Waals surface area contributed by atoms with Crippen LogP contribution in [0.3, 0.4) is 0 Å². The Labute approximate surface area is 149 Å². The SMILES string of the molecule is CCOC(=O)c1c(NC(=O)CSCCO)sc(C(=O)N(C)C)c1C. The molecule has 9 heteroatoms. The molecule has 24 heavy (non-hydrogen) atoms. The number of thioether (sulfide) groups is 1. The van der Waals surface area contributed by atoms with Gasteiger partial charge in [0.1, 0.15) is 5.00 Å². The van der Waals surface area contributed by atoms with E-state index < -0.39 is 5.97 Å². The lowest BCUT2D eigenvalue weighted by molar-refractivity contribution is -0.113. The van der Waals surface area contributed by atoms with Gasteiger partial charge in [-0.2, -0.15) is 0 Å². The standard InChI is InChI=1S/C15H22N2O5S2/c1-5-22-15(21)11-9(2)12(14(20)17(3)4)24-13(11)16-10(19)8-23-7-6-18/h18H,5-8H2,1-4H3,(H,16,19). The van der Waals surface area contributed by atoms with Gasteiger partial charge in [0.2, 0.25) is 5.91 Å². The summed E-state index contributed by atoms with van der Waals surface area (Å²) in [5.41, 5.74) is 0.711. The third-order valence-corrected chi connectivity index (χ3v) is 5.08. The molecule has 0 spiro atoms. The zero-order chi connectivity index (χ0) is 18.3. The van der Waals surface area contributed by atoms with Gasteiger partial charge >= 0.3 is 5.97 Å². The molecule has 0 aliphatic heterocycles. The van der Waals surface area contributed by atoms with Crippen LogP contribution in [-0.2, 0) is 9.53 Å². The first-order valence-electron chi connectivity index (χ1n) is 7.34. The number of amides is 2. The fourth-order valence-corrected chi connectivity index (χ4v) is 3.61. The van der Waals surface area contributed by atoms with Crippen molar-refractivity contribution < 1.29 is 24.2 Å². The number of nitrogens with zero attached hydrogens (tertiary/aromatic N) is 1. The van der Waals surface area contributed by atoms with Gasteiger partial charge in [0, 0.05) is 19.8 Å². The fraction of sp³-hybridized carbons (Fsp3) is 0.533. The number of aliphatic hydroxyl groups is 1. The van der Waals surface area contributed by atoms with E-state index >= 15 is 0 Å². The summed E-state index contributed by atoms with van der Waals surface area (Å²) in [6.07, 6.45) is 0. The lowest BCUT2D eigenvalue weighted by Crippen LogP contribution is -2.21. The van der Waals surface area contributed by atoms with Gasteiger partial charge in [-0.15, -0.1) is 23.1 Å². The molecule has 0 bridgehead atoms. The average molecular weight is 374 g/mol. The summed E-state index contributed by atoms with van der Waals surface area (Å²) in [5, 5.41) is 11.7. The molecule has 2 amide bonds. The zero-order valence-electron chi connectivity index (χ0n) is 14.2. The molecule has 0 unspecified atom stereocenters. The molecular formula is C15H22N2O5S2. The van der Waals surface area contributed by atoms with E-state index in [2.05, 4.69) is 5.32 Å². The number of ether oxygens (including phenoxy) is 1. The van der Waals surface area contributed by atoms with Crippen LogP contribution in [0.5, 0.6) is 0 Å². The normalized spacial score (nSPS) is 10.4. The van der Waals surface area contributed by atoms with E-state index in [0.29, 0.717) is 21.2 Å². The highest BCUT2D eigenvalue weighted by atomic mass is 32.2. The van der Waals surface area contributed by atoms with Crippen molar-refractivity contribution in [1.29, 1.82) is 0 Å². The molecular weight excluding hydrogens is 352 g/mol. The molecule has 0 saturated carbocycles. The highest BCUT2D eigenvalue weighted by Crippen LogP contribution is 2.34. The summed E-state index contributed by atoms with van der Waals surface area (Å²) in [4.78, 5) is 38.2. The number of thiophene rings is 1. The molecule has 0 fully saturated rings. The summed E-state index contributed by atoms with van der Waals surface area (Å²) in [6, 6.07) is 0. The van der Waals surface area contributed by atoms with Crippen LogP contribution in [0.15, 0.2) is 0 Å². The lowest BCUT2D eigenvalue weighted by Gasteiger charge is -2.09. The second-order valence-electron chi connectivity index (χ2n) is 5.00. The highest BCUT2D eigenvalue weighted by Gasteiger charge is 2.27. The van der Waals surface area contributed by atoms with Crippen LogP contribution in [0.4, 0.5) is 5.00 Å². The van der Waals surface area contributed by atoms with Crippen molar-refractivity contribution in [3.8, 4) is 0 Å². The summed E-state index contributed by atoms with van der Waals surface area (Å²) < 4.78 is 5.04. The zero-order valence-corrected chi connectivity index (χ0v) is 15.8. The van der Waals surface area contributed by atoms with Gasteiger partial charge in [0.25, 0.3) is 5.91 Å². The number of nitrogens with one attached hydrogen (secondary N) is 1. The summed E-state index contributed by atoms with van der Waals surface area (Å²) in [6.45, 7) is 3.54. The molecule has 0 saturated heterocycles. The Kier molecular flexibility index (Phi) is 8.23. The Morgan fingerprint density at radius 1 is 1.33 bits per heavy atom. The number of carbonyl (C=O) groups excluding carboxylic acids is 3. The van der Waals surface area contributed by atoms with Gasteiger partial charge in [-0.05, 0) is 19.4 Å². The average Bonchev–Trinajstić information content (AvgIpc) is 2.83. The Bertz CT molecular complexity index is 613. The van der Waals surface area contributed by atoms with Gasteiger partial charge in [-0.3, -0.25) is 9.59 Å². The van der Waals surface area contributed by atoms with Crippen molar-refractivity contribution in [2.24, 2.45) is 0 Å². The first-order chi connectivity index (χ1) is 11.3. The van der Waals surface area contributed by atoms with E-state index in [-0.39, 0.29) is 36.3 Å². The van der Waals surface area contributed by atoms with Crippen LogP contribution < -0.4 is 5.32 Å². The molecule has 0 aliphatic carbocycles. The summed E-state index contributed by atoms with van der Waals surface area (Å²) >= 11 is 2.34. The molecule has 0 radical (unpaired) electrons. The maximum atomic E-state index is 12.2. The van der Waals surface area contributed by atoms with Crippen molar-refractivity contribution in [1.82, 2.24) is 4.90 Å². The molecule has 7 nitrogen and oxygen atoms in total. The second-order valence-corrected chi connectivity index (χ2v) is 7.13. The molecule has 1 aromatic rings. The van der Waals surface area contributed by atoms with Crippen molar-refractivity contribution >= 4 is 45.9 Å². The van der Waals surface area contributed by atoms with E-state index in [4.69, 9.17) is 9.84 Å². The maximum Gasteiger partial charge on any atom is 0.341 e. The Balaban J connectivity index is 3.12. The van der Waals surface area contributed by atoms with Crippen LogP contribution in [0.2, 0.25) is 0 Å². The number of hydrogen-bond donors (Lipinski definition) is 2. The van der Waals surface area contributed by atoms with E-state index in [0.717, 1.165) is 11.3 Å². The maximum absolute atomic E-state index is 12.2. The number of carbonyl (C=O) groups is 3. The quantitative estimate of drug-likeness (QED) is 0.530. The van der Waals surface area contributed by atoms with Crippen LogP contribution in [0.25, 0.3) is 0 Å². The smallest absolute Gasteiger partial charge is 0.341 e. The van der Waals surface area contributed by atoms with Gasteiger partial charge in [0.05, 0.1) is 29.4 Å². The Morgan fingerprint density at radius 3 is 2.54 bits per heavy atom. The van der Waals surface area contributed by atoms with Crippen LogP contribution in [0, 0.1) is 6.92 Å². The molecule has 134 valence electrons. The van der Waals surface area contributed by atoms with Crippen LogP contribution in [-0.4, -0.2) is 66.6 Å². The molecule has 1 heterocycles. The largest absolute Gasteiger partial charge is 0.462 e. The molecule has 1 aromatic heterocycles. The Hall–Kier alpha value is -1.58. The molecule has 2 N–H and O–H groups in total. The minimum absolute atomic E-state index is 0.00832. The third kappa shape index (κ3) is 5.22. The van der Waals surface area contributed by atoms with Gasteiger partial charge in [-0.1, -0.05) is 0 Å². The monoisotopic (exact) mass is 374 g/mol. The second kappa shape index (κ2) is 9.65. The number of anilines is 1. The lowest BCUT2D eigenvalue weighted by atomic mass is 10.1. The molecule has 0 aromatic carbocycles. The van der Waals surface area contributed by atoms with Crippen LogP contribution in [0.1, 0.15) is 32.5 Å². The topological polar surface area (TPSA) is 95.9 Å². The fourth-order valence-electron chi connectivity index (χ4n) is 1.85. The summed E-state index contributed by atoms with van der Waals surface area (Å²) in [7, 11) is 3.24. The van der Waals surface area contributed by atoms with Crippen molar-refractivity contribution in [3.05, 3.63) is 16.0 Å². The minimum Gasteiger partial charge on any atom is -0.462 e. The predicted molar refractivity (Wildman–Crippen MR) is 96.1 cm³/mol. The van der Waals surface area contributed by atoms with Gasteiger partial charge in [-0.25, -0.2) is 4.79 Å². The third-order valence-electron chi connectivity index (χ3n) is 2.95. The number of esters is 1. The van der Waals surface area contributed by atoms with Crippen molar-refractivity contribution in [3.63, 3.8) is 0 Å². The Morgan fingerprint density at radius 2 is 2.00 bits per heavy atom. The van der Waals surface area contributed by atoms with E-state index in [9.17, 15) is 14.4 Å². The van der Waals surface area contributed by atoms with E-state index in [1.807, 2.05) is 0 Å². The van der Waals surface area contributed by atoms with Gasteiger partial charge in [0.15, 0.2) is 0 Å². The van der Waals surface area contributed by atoms with E-state index in [1.54, 1.807) is 27.9 Å². The highest BCUT2D eigenvalue weighted by molar-refractivity contribution is 7.99. The summed E-state index contributed by atoms with van der Waals surface area (Å²) in [5.74, 6) is -0.507. The van der Waals surface area contributed by atoms with Gasteiger partial charge < -0.3 is 20.1 Å². The van der Waals surface area contributed by atoms with Crippen molar-refractivity contribution in [2.75, 3.05) is 44.1 Å². The molecule has 0 atom stereocenters. The van der Waals surface area contributed by atoms with Crippen molar-refractivity contribution in [2.45, 2.75) is 13.8 Å². The first kappa shape index (κ1) is 20.5. The first-order valence-corrected chi connectivity index (χ1v) is 9.31. The number of rotatable bonds is 8. The number of hydrogen-bond acceptors (Lipinski definition) is 7. The minimum atomic E-state index is -0.567. The molecule has 1 rings (SSSR count). The molecule has 0 aliphatic rings. The number of aliphatic hydroxyl groups excluding tert-OH is 1.